The summed E-state index contributed by atoms with van der Waals surface area (Å²) in [4.78, 5) is 13.3. The Labute approximate surface area is 85.3 Å². The maximum Gasteiger partial charge on any atom is 0.222 e. The van der Waals surface area contributed by atoms with Crippen LogP contribution in [0.1, 0.15) is 20.3 Å². The van der Waals surface area contributed by atoms with Crippen LogP contribution in [0, 0.1) is 5.92 Å². The molecular formula is C10H20N2O2. The van der Waals surface area contributed by atoms with Crippen molar-refractivity contribution < 1.29 is 9.90 Å². The first kappa shape index (κ1) is 11.5. The van der Waals surface area contributed by atoms with Gasteiger partial charge in [-0.2, -0.15) is 0 Å². The average Bonchev–Trinajstić information content (AvgIpc) is 2.48. The predicted octanol–water partition coefficient (Wildman–Crippen LogP) is -0.176. The van der Waals surface area contributed by atoms with E-state index in [1.165, 1.54) is 0 Å². The summed E-state index contributed by atoms with van der Waals surface area (Å²) in [6.45, 7) is 5.33. The van der Waals surface area contributed by atoms with E-state index in [4.69, 9.17) is 0 Å². The topological polar surface area (TPSA) is 52.6 Å². The van der Waals surface area contributed by atoms with Gasteiger partial charge in [-0.25, -0.2) is 0 Å². The highest BCUT2D eigenvalue weighted by Gasteiger charge is 2.30. The minimum atomic E-state index is -0.420. The third-order valence-electron chi connectivity index (χ3n) is 2.62. The Morgan fingerprint density at radius 3 is 2.64 bits per heavy atom. The largest absolute Gasteiger partial charge is 0.390 e. The molecule has 0 bridgehead atoms. The van der Waals surface area contributed by atoms with Gasteiger partial charge in [0, 0.05) is 26.6 Å². The van der Waals surface area contributed by atoms with Gasteiger partial charge in [0.25, 0.3) is 0 Å². The fraction of sp³-hybridized carbons (Fsp3) is 0.900. The maximum atomic E-state index is 11.7. The van der Waals surface area contributed by atoms with Gasteiger partial charge in [-0.15, -0.1) is 0 Å². The quantitative estimate of drug-likeness (QED) is 0.664. The Kier molecular flexibility index (Phi) is 3.89. The number of aliphatic hydroxyl groups is 1. The lowest BCUT2D eigenvalue weighted by atomic mass is 10.1. The van der Waals surface area contributed by atoms with Gasteiger partial charge in [-0.05, 0) is 5.92 Å². The van der Waals surface area contributed by atoms with Crippen molar-refractivity contribution in [2.24, 2.45) is 5.92 Å². The maximum absolute atomic E-state index is 11.7. The minimum absolute atomic E-state index is 0.0544. The molecule has 0 aromatic heterocycles. The number of nitrogens with one attached hydrogen (secondary N) is 1. The van der Waals surface area contributed by atoms with E-state index in [1.807, 2.05) is 13.8 Å². The lowest BCUT2D eigenvalue weighted by Crippen LogP contribution is -2.44. The van der Waals surface area contributed by atoms with Crippen LogP contribution in [0.3, 0.4) is 0 Å². The van der Waals surface area contributed by atoms with Crippen molar-refractivity contribution in [3.8, 4) is 0 Å². The molecule has 0 spiro atoms. The van der Waals surface area contributed by atoms with Crippen LogP contribution in [0.4, 0.5) is 0 Å². The van der Waals surface area contributed by atoms with Gasteiger partial charge in [0.05, 0.1) is 12.1 Å². The van der Waals surface area contributed by atoms with Gasteiger partial charge < -0.3 is 15.3 Å². The Morgan fingerprint density at radius 2 is 2.21 bits per heavy atom. The number of likely N-dealkylation sites (N-methyl/N-ethyl adjacent to an activating group) is 1. The van der Waals surface area contributed by atoms with Crippen molar-refractivity contribution in [2.45, 2.75) is 32.4 Å². The van der Waals surface area contributed by atoms with Gasteiger partial charge in [-0.3, -0.25) is 4.79 Å². The normalized spacial score (nSPS) is 26.9. The SMILES string of the molecule is CC(C)CC(=O)N(C)[C@@H]1CNC[C@H]1O. The molecule has 1 aliphatic heterocycles. The summed E-state index contributed by atoms with van der Waals surface area (Å²) < 4.78 is 0. The lowest BCUT2D eigenvalue weighted by molar-refractivity contribution is -0.134. The molecule has 0 aliphatic carbocycles. The number of hydrogen-bond donors (Lipinski definition) is 2. The highest BCUT2D eigenvalue weighted by molar-refractivity contribution is 5.76. The lowest BCUT2D eigenvalue weighted by Gasteiger charge is -2.27. The van der Waals surface area contributed by atoms with E-state index < -0.39 is 6.10 Å². The van der Waals surface area contributed by atoms with Crippen LogP contribution in [0.25, 0.3) is 0 Å². The van der Waals surface area contributed by atoms with Gasteiger partial charge in [-0.1, -0.05) is 13.8 Å². The summed E-state index contributed by atoms with van der Waals surface area (Å²) in [6, 6.07) is -0.0544. The molecule has 2 atom stereocenters. The van der Waals surface area contributed by atoms with Gasteiger partial charge in [0.15, 0.2) is 0 Å². The Bertz CT molecular complexity index is 206. The average molecular weight is 200 g/mol. The van der Waals surface area contributed by atoms with E-state index >= 15 is 0 Å². The van der Waals surface area contributed by atoms with Crippen LogP contribution in [0.5, 0.6) is 0 Å². The number of hydrogen-bond acceptors (Lipinski definition) is 3. The van der Waals surface area contributed by atoms with Crippen LogP contribution in [-0.4, -0.2) is 48.2 Å². The Morgan fingerprint density at radius 1 is 1.57 bits per heavy atom. The monoisotopic (exact) mass is 200 g/mol. The van der Waals surface area contributed by atoms with E-state index in [1.54, 1.807) is 11.9 Å². The summed E-state index contributed by atoms with van der Waals surface area (Å²) in [7, 11) is 1.77. The number of β-amino-alcohol motifs (C(OH)–C–C–N with tert-alkyl or cyclic N) is 1. The molecule has 1 heterocycles. The van der Waals surface area contributed by atoms with Crippen LogP contribution in [0.15, 0.2) is 0 Å². The molecule has 1 aliphatic rings. The number of nitrogens with zero attached hydrogens (tertiary/aromatic N) is 1. The summed E-state index contributed by atoms with van der Waals surface area (Å²) >= 11 is 0. The number of carbonyl (C=O) groups excluding carboxylic acids is 1. The van der Waals surface area contributed by atoms with Crippen molar-refractivity contribution in [3.05, 3.63) is 0 Å². The zero-order valence-corrected chi connectivity index (χ0v) is 9.16. The van der Waals surface area contributed by atoms with Gasteiger partial charge in [0.1, 0.15) is 0 Å². The fourth-order valence-corrected chi connectivity index (χ4v) is 1.72. The van der Waals surface area contributed by atoms with Crippen LogP contribution < -0.4 is 5.32 Å². The molecule has 14 heavy (non-hydrogen) atoms. The first-order valence-electron chi connectivity index (χ1n) is 5.16. The Balaban J connectivity index is 2.47. The van der Waals surface area contributed by atoms with Gasteiger partial charge in [0.2, 0.25) is 5.91 Å². The first-order chi connectivity index (χ1) is 6.52. The second-order valence-electron chi connectivity index (χ2n) is 4.40. The Hall–Kier alpha value is -0.610. The summed E-state index contributed by atoms with van der Waals surface area (Å²) in [5, 5.41) is 12.7. The molecule has 1 saturated heterocycles. The molecule has 1 fully saturated rings. The molecular weight excluding hydrogens is 180 g/mol. The zero-order valence-electron chi connectivity index (χ0n) is 9.16. The van der Waals surface area contributed by atoms with Gasteiger partial charge >= 0.3 is 0 Å². The number of carbonyl (C=O) groups is 1. The van der Waals surface area contributed by atoms with E-state index in [9.17, 15) is 9.90 Å². The third-order valence-corrected chi connectivity index (χ3v) is 2.62. The molecule has 0 aromatic rings. The van der Waals surface area contributed by atoms with E-state index in [-0.39, 0.29) is 11.9 Å². The number of aliphatic hydroxyl groups excluding tert-OH is 1. The standard InChI is InChI=1S/C10H20N2O2/c1-7(2)4-10(14)12(3)8-5-11-6-9(8)13/h7-9,11,13H,4-6H2,1-3H3/t8-,9-/m1/s1. The molecule has 0 aromatic carbocycles. The van der Waals surface area contributed by atoms with E-state index in [0.717, 1.165) is 0 Å². The number of rotatable bonds is 3. The highest BCUT2D eigenvalue weighted by atomic mass is 16.3. The van der Waals surface area contributed by atoms with E-state index in [0.29, 0.717) is 25.4 Å². The van der Waals surface area contributed by atoms with Crippen molar-refractivity contribution in [1.82, 2.24) is 10.2 Å². The van der Waals surface area contributed by atoms with Crippen molar-refractivity contribution in [3.63, 3.8) is 0 Å². The molecule has 0 unspecified atom stereocenters. The molecule has 1 amide bonds. The van der Waals surface area contributed by atoms with E-state index in [2.05, 4.69) is 5.32 Å². The highest BCUT2D eigenvalue weighted by Crippen LogP contribution is 2.11. The summed E-state index contributed by atoms with van der Waals surface area (Å²) in [6.07, 6.45) is 0.135. The molecule has 4 heteroatoms. The zero-order chi connectivity index (χ0) is 10.7. The van der Waals surface area contributed by atoms with Crippen LogP contribution >= 0.6 is 0 Å². The minimum Gasteiger partial charge on any atom is -0.390 e. The second-order valence-corrected chi connectivity index (χ2v) is 4.40. The molecule has 0 saturated carbocycles. The summed E-state index contributed by atoms with van der Waals surface area (Å²) in [5.74, 6) is 0.490. The third kappa shape index (κ3) is 2.69. The fourth-order valence-electron chi connectivity index (χ4n) is 1.72. The molecule has 4 nitrogen and oxygen atoms in total. The van der Waals surface area contributed by atoms with Crippen LogP contribution in [-0.2, 0) is 4.79 Å². The molecule has 0 radical (unpaired) electrons. The molecule has 1 rings (SSSR count). The molecule has 2 N–H and O–H groups in total. The summed E-state index contributed by atoms with van der Waals surface area (Å²) in [5.41, 5.74) is 0. The van der Waals surface area contributed by atoms with Crippen molar-refractivity contribution >= 4 is 5.91 Å². The first-order valence-corrected chi connectivity index (χ1v) is 5.16. The van der Waals surface area contributed by atoms with Crippen LogP contribution in [0.2, 0.25) is 0 Å². The second kappa shape index (κ2) is 4.75. The smallest absolute Gasteiger partial charge is 0.222 e. The number of amides is 1. The predicted molar refractivity (Wildman–Crippen MR) is 54.9 cm³/mol. The molecule has 82 valence electrons. The van der Waals surface area contributed by atoms with Crippen molar-refractivity contribution in [1.29, 1.82) is 0 Å². The van der Waals surface area contributed by atoms with Crippen molar-refractivity contribution in [2.75, 3.05) is 20.1 Å².